The molecule has 0 aromatic heterocycles. The zero-order valence-electron chi connectivity index (χ0n) is 11.0. The van der Waals surface area contributed by atoms with Crippen LogP contribution in [-0.4, -0.2) is 27.3 Å². The summed E-state index contributed by atoms with van der Waals surface area (Å²) in [6, 6.07) is 37.5. The van der Waals surface area contributed by atoms with Gasteiger partial charge in [0.1, 0.15) is 0 Å². The van der Waals surface area contributed by atoms with E-state index in [2.05, 4.69) is 18.2 Å². The van der Waals surface area contributed by atoms with Crippen molar-refractivity contribution in [1.29, 1.82) is 0 Å². The largest absolute Gasteiger partial charge is 1.00 e. The van der Waals surface area contributed by atoms with E-state index in [0.29, 0.717) is 0 Å². The van der Waals surface area contributed by atoms with Gasteiger partial charge < -0.3 is 12.4 Å². The van der Waals surface area contributed by atoms with Gasteiger partial charge in [-0.15, -0.1) is 0 Å². The summed E-state index contributed by atoms with van der Waals surface area (Å²) >= 11 is 0. The molecular formula is C18H15ClPb-. The van der Waals surface area contributed by atoms with E-state index in [4.69, 9.17) is 0 Å². The van der Waals surface area contributed by atoms with Gasteiger partial charge in [-0.2, -0.15) is 0 Å². The van der Waals surface area contributed by atoms with E-state index in [1.165, 1.54) is 0 Å². The Kier molecular flexibility index (Phi) is 18.9. The second kappa shape index (κ2) is 17.9. The number of hydrogen-bond donors (Lipinski definition) is 0. The molecule has 0 spiro atoms. The molecular weight excluding hydrogens is 459 g/mol. The summed E-state index contributed by atoms with van der Waals surface area (Å²) in [5.74, 6) is 0. The predicted octanol–water partition coefficient (Wildman–Crippen LogP) is 1.08. The van der Waals surface area contributed by atoms with Gasteiger partial charge in [-0.1, -0.05) is 91.0 Å². The molecule has 0 saturated heterocycles. The van der Waals surface area contributed by atoms with Crippen molar-refractivity contribution in [2.45, 2.75) is 0 Å². The third-order valence-corrected chi connectivity index (χ3v) is 1.82. The van der Waals surface area contributed by atoms with Crippen LogP contribution in [-0.2, 0) is 0 Å². The van der Waals surface area contributed by atoms with Crippen LogP contribution in [0.4, 0.5) is 0 Å². The minimum atomic E-state index is 0. The van der Waals surface area contributed by atoms with E-state index < -0.39 is 0 Å². The van der Waals surface area contributed by atoms with E-state index in [1.54, 1.807) is 0 Å². The topological polar surface area (TPSA) is 0 Å². The van der Waals surface area contributed by atoms with Crippen molar-refractivity contribution in [3.63, 3.8) is 0 Å². The first kappa shape index (κ1) is 21.2. The van der Waals surface area contributed by atoms with Gasteiger partial charge in [-0.3, -0.25) is 0 Å². The van der Waals surface area contributed by atoms with Crippen LogP contribution in [0.3, 0.4) is 0 Å². The first-order valence-electron chi connectivity index (χ1n) is 5.73. The number of halogens is 1. The van der Waals surface area contributed by atoms with Crippen molar-refractivity contribution in [1.82, 2.24) is 0 Å². The molecule has 0 unspecified atom stereocenters. The summed E-state index contributed by atoms with van der Waals surface area (Å²) in [6.45, 7) is 0. The van der Waals surface area contributed by atoms with Gasteiger partial charge in [0.15, 0.2) is 0 Å². The van der Waals surface area contributed by atoms with E-state index in [1.807, 2.05) is 91.0 Å². The van der Waals surface area contributed by atoms with Gasteiger partial charge in [-0.05, 0) is 18.2 Å². The zero-order chi connectivity index (χ0) is 12.7. The average Bonchev–Trinajstić information content (AvgIpc) is 2.54. The fourth-order valence-electron chi connectivity index (χ4n) is 1.03. The minimum Gasteiger partial charge on any atom is -1.00 e. The standard InChI is InChI=1S/3C6H5.ClH.Pb/c3*1-2-4-6-5-3-1;;/h3*1-5H;1H;/p-1. The van der Waals surface area contributed by atoms with Crippen LogP contribution in [0.15, 0.2) is 91.0 Å². The quantitative estimate of drug-likeness (QED) is 0.429. The van der Waals surface area contributed by atoms with Crippen LogP contribution in [0.25, 0.3) is 0 Å². The second-order valence-electron chi connectivity index (χ2n) is 3.23. The third-order valence-electron chi connectivity index (χ3n) is 1.82. The molecule has 0 aliphatic rings. The Morgan fingerprint density at radius 2 is 0.550 bits per heavy atom. The third kappa shape index (κ3) is 14.9. The van der Waals surface area contributed by atoms with Gasteiger partial charge in [0, 0.05) is 27.3 Å². The molecule has 20 heavy (non-hydrogen) atoms. The Labute approximate surface area is 148 Å². The Bertz CT molecular complexity index is 302. The molecule has 7 radical (unpaired) electrons. The molecule has 0 atom stereocenters. The fraction of sp³-hybridized carbons (Fsp3) is 0. The monoisotopic (exact) mass is 474 g/mol. The summed E-state index contributed by atoms with van der Waals surface area (Å²) in [6.07, 6.45) is 0. The molecule has 3 rings (SSSR count). The second-order valence-corrected chi connectivity index (χ2v) is 3.23. The first-order chi connectivity index (χ1) is 9.00. The Balaban J connectivity index is 0. The molecule has 3 aromatic rings. The molecule has 3 aromatic carbocycles. The van der Waals surface area contributed by atoms with Crippen LogP contribution in [0.2, 0.25) is 0 Å². The minimum absolute atomic E-state index is 0. The maximum atomic E-state index is 2.89. The van der Waals surface area contributed by atoms with Crippen LogP contribution < -0.4 is 12.4 Å². The van der Waals surface area contributed by atoms with Gasteiger partial charge in [-0.25, -0.2) is 0 Å². The van der Waals surface area contributed by atoms with Crippen molar-refractivity contribution in [3.05, 3.63) is 109 Å². The molecule has 0 amide bonds. The van der Waals surface area contributed by atoms with Gasteiger partial charge >= 0.3 is 0 Å². The first-order valence-corrected chi connectivity index (χ1v) is 5.73. The number of benzene rings is 3. The summed E-state index contributed by atoms with van der Waals surface area (Å²) in [5, 5.41) is 0. The molecule has 0 aliphatic carbocycles. The van der Waals surface area contributed by atoms with Crippen molar-refractivity contribution in [2.24, 2.45) is 0 Å². The maximum absolute atomic E-state index is 2.89. The number of rotatable bonds is 0. The van der Waals surface area contributed by atoms with Crippen LogP contribution in [0.1, 0.15) is 0 Å². The normalized spacial score (nSPS) is 7.20. The number of hydrogen-bond acceptors (Lipinski definition) is 0. The van der Waals surface area contributed by atoms with Gasteiger partial charge in [0.2, 0.25) is 0 Å². The molecule has 0 bridgehead atoms. The summed E-state index contributed by atoms with van der Waals surface area (Å²) in [4.78, 5) is 0. The molecule has 99 valence electrons. The van der Waals surface area contributed by atoms with E-state index in [0.717, 1.165) is 0 Å². The molecule has 0 nitrogen and oxygen atoms in total. The van der Waals surface area contributed by atoms with E-state index in [9.17, 15) is 0 Å². The van der Waals surface area contributed by atoms with Crippen molar-refractivity contribution < 1.29 is 12.4 Å². The summed E-state index contributed by atoms with van der Waals surface area (Å²) < 4.78 is 0. The van der Waals surface area contributed by atoms with E-state index in [-0.39, 0.29) is 39.7 Å². The van der Waals surface area contributed by atoms with Gasteiger partial charge in [0.25, 0.3) is 0 Å². The molecule has 2 heteroatoms. The smallest absolute Gasteiger partial charge is 0 e. The van der Waals surface area contributed by atoms with Crippen LogP contribution in [0, 0.1) is 18.2 Å². The summed E-state index contributed by atoms with van der Waals surface area (Å²) in [5.41, 5.74) is 0. The fourth-order valence-corrected chi connectivity index (χ4v) is 1.03. The van der Waals surface area contributed by atoms with Crippen LogP contribution in [0.5, 0.6) is 0 Å². The molecule has 0 fully saturated rings. The molecule has 0 aliphatic heterocycles. The zero-order valence-corrected chi connectivity index (χ0v) is 15.7. The van der Waals surface area contributed by atoms with Crippen LogP contribution >= 0.6 is 0 Å². The molecule has 0 N–H and O–H groups in total. The summed E-state index contributed by atoms with van der Waals surface area (Å²) in [7, 11) is 0. The van der Waals surface area contributed by atoms with Crippen molar-refractivity contribution in [2.75, 3.05) is 0 Å². The molecule has 0 saturated carbocycles. The Morgan fingerprint density at radius 3 is 0.600 bits per heavy atom. The average molecular weight is 474 g/mol. The Morgan fingerprint density at radius 1 is 0.350 bits per heavy atom. The Hall–Kier alpha value is -1.13. The van der Waals surface area contributed by atoms with E-state index >= 15 is 0 Å². The van der Waals surface area contributed by atoms with Crippen molar-refractivity contribution in [3.8, 4) is 0 Å². The maximum Gasteiger partial charge on any atom is 0 e. The molecule has 0 heterocycles. The SMILES string of the molecule is [Cl-].[Pb].[c]1ccccc1.[c]1ccccc1.[c]1ccccc1. The predicted molar refractivity (Wildman–Crippen MR) is 81.6 cm³/mol. The van der Waals surface area contributed by atoms with Gasteiger partial charge in [0.05, 0.1) is 0 Å². The van der Waals surface area contributed by atoms with Crippen molar-refractivity contribution >= 4 is 27.3 Å².